The smallest absolute Gasteiger partial charge is 0.315 e. The summed E-state index contributed by atoms with van der Waals surface area (Å²) in [7, 11) is 1.82. The van der Waals surface area contributed by atoms with Gasteiger partial charge in [-0.25, -0.2) is 4.79 Å². The first-order valence-corrected chi connectivity index (χ1v) is 6.48. The zero-order chi connectivity index (χ0) is 13.5. The summed E-state index contributed by atoms with van der Waals surface area (Å²) in [5, 5.41) is 17.9. The summed E-state index contributed by atoms with van der Waals surface area (Å²) >= 11 is 2.15. The summed E-state index contributed by atoms with van der Waals surface area (Å²) in [5.74, 6) is -0.861. The van der Waals surface area contributed by atoms with Gasteiger partial charge in [-0.05, 0) is 29.0 Å². The molecule has 1 heterocycles. The van der Waals surface area contributed by atoms with Crippen LogP contribution >= 0.6 is 22.6 Å². The van der Waals surface area contributed by atoms with Crippen LogP contribution in [0.3, 0.4) is 0 Å². The highest BCUT2D eigenvalue weighted by Crippen LogP contribution is 2.08. The van der Waals surface area contributed by atoms with Crippen molar-refractivity contribution in [2.75, 3.05) is 6.54 Å². The minimum atomic E-state index is -0.861. The van der Waals surface area contributed by atoms with E-state index in [9.17, 15) is 9.59 Å². The first kappa shape index (κ1) is 14.7. The lowest BCUT2D eigenvalue weighted by molar-refractivity contribution is -0.137. The van der Waals surface area contributed by atoms with Crippen LogP contribution in [0.15, 0.2) is 6.20 Å². The van der Waals surface area contributed by atoms with Gasteiger partial charge in [-0.2, -0.15) is 5.10 Å². The van der Waals surface area contributed by atoms with Gasteiger partial charge >= 0.3 is 12.0 Å². The van der Waals surface area contributed by atoms with Crippen molar-refractivity contribution in [1.82, 2.24) is 20.4 Å². The number of carboxylic acids is 1. The third kappa shape index (κ3) is 5.34. The molecule has 1 aromatic heterocycles. The van der Waals surface area contributed by atoms with Gasteiger partial charge in [-0.1, -0.05) is 0 Å². The van der Waals surface area contributed by atoms with Crippen molar-refractivity contribution >= 4 is 34.6 Å². The number of carbonyl (C=O) groups excluding carboxylic acids is 1. The summed E-state index contributed by atoms with van der Waals surface area (Å²) in [4.78, 5) is 21.6. The minimum Gasteiger partial charge on any atom is -0.481 e. The molecule has 0 bridgehead atoms. The number of rotatable bonds is 6. The maximum Gasteiger partial charge on any atom is 0.315 e. The highest BCUT2D eigenvalue weighted by atomic mass is 127. The van der Waals surface area contributed by atoms with Gasteiger partial charge in [0.2, 0.25) is 0 Å². The standard InChI is InChI=1S/C10H15IN4O3/c1-15-6-7(11)8(14-15)5-13-10(18)12-4-2-3-9(16)17/h6H,2-5H2,1H3,(H,16,17)(H2,12,13,18). The van der Waals surface area contributed by atoms with Gasteiger partial charge in [-0.15, -0.1) is 0 Å². The molecule has 7 nitrogen and oxygen atoms in total. The van der Waals surface area contributed by atoms with Crippen LogP contribution in [-0.4, -0.2) is 33.4 Å². The Hall–Kier alpha value is -1.32. The Labute approximate surface area is 118 Å². The van der Waals surface area contributed by atoms with Crippen LogP contribution in [0.2, 0.25) is 0 Å². The molecular weight excluding hydrogens is 351 g/mol. The Balaban J connectivity index is 2.21. The van der Waals surface area contributed by atoms with Crippen molar-refractivity contribution < 1.29 is 14.7 Å². The molecular formula is C10H15IN4O3. The minimum absolute atomic E-state index is 0.0540. The Morgan fingerprint density at radius 2 is 2.22 bits per heavy atom. The molecule has 0 aliphatic heterocycles. The van der Waals surface area contributed by atoms with Crippen LogP contribution in [0.4, 0.5) is 4.79 Å². The van der Waals surface area contributed by atoms with E-state index >= 15 is 0 Å². The number of aliphatic carboxylic acids is 1. The number of amides is 2. The van der Waals surface area contributed by atoms with E-state index in [0.29, 0.717) is 19.5 Å². The van der Waals surface area contributed by atoms with Gasteiger partial charge in [0.05, 0.1) is 15.8 Å². The van der Waals surface area contributed by atoms with E-state index in [4.69, 9.17) is 5.11 Å². The second kappa shape index (κ2) is 7.19. The van der Waals surface area contributed by atoms with Gasteiger partial charge < -0.3 is 15.7 Å². The molecule has 0 aliphatic carbocycles. The van der Waals surface area contributed by atoms with E-state index in [1.807, 2.05) is 13.2 Å². The normalized spacial score (nSPS) is 10.1. The van der Waals surface area contributed by atoms with Gasteiger partial charge in [0.1, 0.15) is 0 Å². The third-order valence-corrected chi connectivity index (χ3v) is 3.02. The molecule has 0 spiro atoms. The van der Waals surface area contributed by atoms with E-state index in [2.05, 4.69) is 38.3 Å². The Bertz CT molecular complexity index is 433. The van der Waals surface area contributed by atoms with Crippen LogP contribution in [-0.2, 0) is 18.4 Å². The number of nitrogens with zero attached hydrogens (tertiary/aromatic N) is 2. The highest BCUT2D eigenvalue weighted by Gasteiger charge is 2.06. The molecule has 0 aromatic carbocycles. The number of nitrogens with one attached hydrogen (secondary N) is 2. The molecule has 100 valence electrons. The summed E-state index contributed by atoms with van der Waals surface area (Å²) in [6.45, 7) is 0.696. The number of hydrogen-bond donors (Lipinski definition) is 3. The molecule has 8 heteroatoms. The lowest BCUT2D eigenvalue weighted by Gasteiger charge is -2.05. The molecule has 0 saturated carbocycles. The zero-order valence-corrected chi connectivity index (χ0v) is 12.1. The zero-order valence-electron chi connectivity index (χ0n) is 9.94. The average Bonchev–Trinajstić information content (AvgIpc) is 2.60. The summed E-state index contributed by atoms with van der Waals surface area (Å²) < 4.78 is 2.67. The van der Waals surface area contributed by atoms with Gasteiger partial charge in [-0.3, -0.25) is 9.48 Å². The van der Waals surface area contributed by atoms with Crippen molar-refractivity contribution in [1.29, 1.82) is 0 Å². The first-order chi connectivity index (χ1) is 8.49. The maximum atomic E-state index is 11.4. The number of hydrogen-bond acceptors (Lipinski definition) is 3. The van der Waals surface area contributed by atoms with Crippen LogP contribution in [0.25, 0.3) is 0 Å². The van der Waals surface area contributed by atoms with E-state index in [1.165, 1.54) is 0 Å². The third-order valence-electron chi connectivity index (χ3n) is 2.12. The second-order valence-corrected chi connectivity index (χ2v) is 4.87. The molecule has 3 N–H and O–H groups in total. The highest BCUT2D eigenvalue weighted by molar-refractivity contribution is 14.1. The topological polar surface area (TPSA) is 96.2 Å². The van der Waals surface area contributed by atoms with Crippen molar-refractivity contribution in [3.05, 3.63) is 15.5 Å². The predicted octanol–water partition coefficient (Wildman–Crippen LogP) is 0.689. The lowest BCUT2D eigenvalue weighted by Crippen LogP contribution is -2.36. The number of aromatic nitrogens is 2. The van der Waals surface area contributed by atoms with Crippen LogP contribution < -0.4 is 10.6 Å². The fourth-order valence-electron chi connectivity index (χ4n) is 1.29. The number of halogens is 1. The van der Waals surface area contributed by atoms with Gasteiger partial charge in [0, 0.05) is 26.2 Å². The Morgan fingerprint density at radius 3 is 2.78 bits per heavy atom. The van der Waals surface area contributed by atoms with Crippen molar-refractivity contribution in [2.45, 2.75) is 19.4 Å². The van der Waals surface area contributed by atoms with Gasteiger partial charge in [0.25, 0.3) is 0 Å². The second-order valence-electron chi connectivity index (χ2n) is 3.70. The van der Waals surface area contributed by atoms with Crippen LogP contribution in [0.5, 0.6) is 0 Å². The summed E-state index contributed by atoms with van der Waals surface area (Å²) in [6, 6.07) is -0.318. The van der Waals surface area contributed by atoms with Crippen molar-refractivity contribution in [2.24, 2.45) is 7.05 Å². The van der Waals surface area contributed by atoms with E-state index in [-0.39, 0.29) is 12.5 Å². The molecule has 0 saturated heterocycles. The fraction of sp³-hybridized carbons (Fsp3) is 0.500. The summed E-state index contributed by atoms with van der Waals surface area (Å²) in [6.07, 6.45) is 2.34. The van der Waals surface area contributed by atoms with Gasteiger partial charge in [0.15, 0.2) is 0 Å². The SMILES string of the molecule is Cn1cc(I)c(CNC(=O)NCCCC(=O)O)n1. The van der Waals surface area contributed by atoms with E-state index in [1.54, 1.807) is 4.68 Å². The molecule has 18 heavy (non-hydrogen) atoms. The van der Waals surface area contributed by atoms with Crippen LogP contribution in [0, 0.1) is 3.57 Å². The molecule has 1 rings (SSSR count). The van der Waals surface area contributed by atoms with E-state index in [0.717, 1.165) is 9.26 Å². The maximum absolute atomic E-state index is 11.4. The van der Waals surface area contributed by atoms with Crippen LogP contribution in [0.1, 0.15) is 18.5 Å². The Kier molecular flexibility index (Phi) is 5.89. The largest absolute Gasteiger partial charge is 0.481 e. The Morgan fingerprint density at radius 1 is 1.50 bits per heavy atom. The average molecular weight is 366 g/mol. The first-order valence-electron chi connectivity index (χ1n) is 5.40. The molecule has 0 unspecified atom stereocenters. The number of carbonyl (C=O) groups is 2. The summed E-state index contributed by atoms with van der Waals surface area (Å²) in [5.41, 5.74) is 0.804. The fourth-order valence-corrected chi connectivity index (χ4v) is 2.00. The molecule has 2 amide bonds. The molecule has 0 radical (unpaired) electrons. The quantitative estimate of drug-likeness (QED) is 0.510. The molecule has 0 atom stereocenters. The van der Waals surface area contributed by atoms with E-state index < -0.39 is 5.97 Å². The molecule has 1 aromatic rings. The number of urea groups is 1. The van der Waals surface area contributed by atoms with Crippen molar-refractivity contribution in [3.63, 3.8) is 0 Å². The molecule has 0 aliphatic rings. The monoisotopic (exact) mass is 366 g/mol. The number of carboxylic acid groups (broad SMARTS) is 1. The predicted molar refractivity (Wildman–Crippen MR) is 73.0 cm³/mol. The molecule has 0 fully saturated rings. The lowest BCUT2D eigenvalue weighted by atomic mass is 10.3. The van der Waals surface area contributed by atoms with Crippen molar-refractivity contribution in [3.8, 4) is 0 Å². The number of aryl methyl sites for hydroxylation is 1.